The molecule has 0 bridgehead atoms. The summed E-state index contributed by atoms with van der Waals surface area (Å²) in [4.78, 5) is 19.0. The highest BCUT2D eigenvalue weighted by Gasteiger charge is 2.34. The number of likely N-dealkylation sites (tertiary alicyclic amines) is 1. The van der Waals surface area contributed by atoms with Crippen LogP contribution in [0.4, 0.5) is 0 Å². The Balaban J connectivity index is 1.86. The molecular formula is C15H21N5O2. The number of amides is 1. The van der Waals surface area contributed by atoms with Crippen LogP contribution in [0.5, 0.6) is 0 Å². The predicted molar refractivity (Wildman–Crippen MR) is 79.1 cm³/mol. The monoisotopic (exact) mass is 303 g/mol. The van der Waals surface area contributed by atoms with E-state index in [1.54, 1.807) is 0 Å². The van der Waals surface area contributed by atoms with Crippen molar-refractivity contribution in [3.63, 3.8) is 0 Å². The molecule has 0 aliphatic carbocycles. The van der Waals surface area contributed by atoms with E-state index in [1.807, 2.05) is 25.7 Å². The van der Waals surface area contributed by atoms with Gasteiger partial charge < -0.3 is 9.42 Å². The van der Waals surface area contributed by atoms with Gasteiger partial charge in [-0.1, -0.05) is 5.16 Å². The van der Waals surface area contributed by atoms with E-state index in [4.69, 9.17) is 4.52 Å². The number of nitrogens with zero attached hydrogens (tertiary/aromatic N) is 4. The second-order valence-electron chi connectivity index (χ2n) is 5.90. The molecular weight excluding hydrogens is 282 g/mol. The lowest BCUT2D eigenvalue weighted by molar-refractivity contribution is -0.136. The van der Waals surface area contributed by atoms with Gasteiger partial charge in [0.2, 0.25) is 12.3 Å². The Morgan fingerprint density at radius 2 is 2.27 bits per heavy atom. The molecule has 118 valence electrons. The summed E-state index contributed by atoms with van der Waals surface area (Å²) in [6.07, 6.45) is 4.28. The van der Waals surface area contributed by atoms with Crippen LogP contribution in [0.1, 0.15) is 60.9 Å². The van der Waals surface area contributed by atoms with Crippen LogP contribution in [0.15, 0.2) is 10.9 Å². The molecule has 0 radical (unpaired) electrons. The number of rotatable bonds is 3. The lowest BCUT2D eigenvalue weighted by atomic mass is 9.94. The van der Waals surface area contributed by atoms with Gasteiger partial charge in [-0.2, -0.15) is 10.1 Å². The Morgan fingerprint density at radius 1 is 1.45 bits per heavy atom. The highest BCUT2D eigenvalue weighted by Crippen LogP contribution is 2.33. The number of aromatic nitrogens is 4. The van der Waals surface area contributed by atoms with E-state index >= 15 is 0 Å². The molecule has 1 saturated heterocycles. The number of nitrogens with one attached hydrogen (secondary N) is 1. The van der Waals surface area contributed by atoms with Crippen molar-refractivity contribution in [1.82, 2.24) is 25.2 Å². The van der Waals surface area contributed by atoms with Crippen LogP contribution in [-0.2, 0) is 4.79 Å². The van der Waals surface area contributed by atoms with Crippen LogP contribution in [0, 0.1) is 13.8 Å². The van der Waals surface area contributed by atoms with Crippen molar-refractivity contribution in [3.8, 4) is 0 Å². The molecule has 3 heterocycles. The zero-order valence-corrected chi connectivity index (χ0v) is 13.2. The van der Waals surface area contributed by atoms with Crippen LogP contribution in [-0.4, -0.2) is 37.7 Å². The first kappa shape index (κ1) is 14.7. The molecule has 7 nitrogen and oxygen atoms in total. The van der Waals surface area contributed by atoms with E-state index in [9.17, 15) is 4.79 Å². The Kier molecular flexibility index (Phi) is 3.96. The molecule has 2 aromatic heterocycles. The fourth-order valence-corrected chi connectivity index (χ4v) is 3.36. The number of H-pyrrole nitrogens is 1. The van der Waals surface area contributed by atoms with E-state index in [1.165, 1.54) is 6.39 Å². The summed E-state index contributed by atoms with van der Waals surface area (Å²) in [6, 6.07) is -0.0880. The number of hydrogen-bond donors (Lipinski definition) is 1. The van der Waals surface area contributed by atoms with Gasteiger partial charge in [0.25, 0.3) is 0 Å². The smallest absolute Gasteiger partial charge is 0.230 e. The zero-order chi connectivity index (χ0) is 15.7. The van der Waals surface area contributed by atoms with E-state index in [0.29, 0.717) is 5.82 Å². The highest BCUT2D eigenvalue weighted by atomic mass is 16.5. The van der Waals surface area contributed by atoms with Crippen LogP contribution in [0.3, 0.4) is 0 Å². The number of aromatic amines is 1. The maximum Gasteiger partial charge on any atom is 0.230 e. The standard InChI is InChI=1S/C15H21N5O2/c1-9(13-10(2)17-18-11(13)3)15(21)20-7-5-4-6-12(20)14-16-8-22-19-14/h8-9,12H,4-7H2,1-3H3,(H,17,18). The van der Waals surface area contributed by atoms with Gasteiger partial charge in [0.15, 0.2) is 5.82 Å². The van der Waals surface area contributed by atoms with E-state index in [-0.39, 0.29) is 17.9 Å². The quantitative estimate of drug-likeness (QED) is 0.939. The van der Waals surface area contributed by atoms with Gasteiger partial charge >= 0.3 is 0 Å². The largest absolute Gasteiger partial charge is 0.343 e. The number of carbonyl (C=O) groups is 1. The van der Waals surface area contributed by atoms with Crippen LogP contribution in [0.25, 0.3) is 0 Å². The van der Waals surface area contributed by atoms with Gasteiger partial charge in [-0.05, 0) is 40.0 Å². The van der Waals surface area contributed by atoms with Crippen molar-refractivity contribution in [2.75, 3.05) is 6.54 Å². The van der Waals surface area contributed by atoms with E-state index in [2.05, 4.69) is 20.3 Å². The summed E-state index contributed by atoms with van der Waals surface area (Å²) in [5.74, 6) is 0.467. The third-order valence-electron chi connectivity index (χ3n) is 4.45. The summed E-state index contributed by atoms with van der Waals surface area (Å²) >= 11 is 0. The molecule has 2 unspecified atom stereocenters. The van der Waals surface area contributed by atoms with E-state index < -0.39 is 0 Å². The Hall–Kier alpha value is -2.18. The van der Waals surface area contributed by atoms with Gasteiger partial charge in [-0.25, -0.2) is 0 Å². The number of aryl methyl sites for hydroxylation is 2. The van der Waals surface area contributed by atoms with Crippen molar-refractivity contribution >= 4 is 5.91 Å². The van der Waals surface area contributed by atoms with E-state index in [0.717, 1.165) is 42.8 Å². The van der Waals surface area contributed by atoms with Gasteiger partial charge in [0.1, 0.15) is 0 Å². The van der Waals surface area contributed by atoms with Gasteiger partial charge in [-0.15, -0.1) is 0 Å². The lowest BCUT2D eigenvalue weighted by Gasteiger charge is -2.35. The van der Waals surface area contributed by atoms with Crippen molar-refractivity contribution in [2.45, 2.75) is 52.0 Å². The molecule has 2 aromatic rings. The summed E-state index contributed by atoms with van der Waals surface area (Å²) < 4.78 is 4.85. The molecule has 0 aromatic carbocycles. The third-order valence-corrected chi connectivity index (χ3v) is 4.45. The molecule has 7 heteroatoms. The van der Waals surface area contributed by atoms with Gasteiger partial charge in [0.05, 0.1) is 17.7 Å². The summed E-state index contributed by atoms with van der Waals surface area (Å²) in [5.41, 5.74) is 2.82. The second kappa shape index (κ2) is 5.90. The van der Waals surface area contributed by atoms with Crippen LogP contribution in [0.2, 0.25) is 0 Å². The average Bonchev–Trinajstić information content (AvgIpc) is 3.16. The average molecular weight is 303 g/mol. The first-order valence-electron chi connectivity index (χ1n) is 7.67. The van der Waals surface area contributed by atoms with Gasteiger partial charge in [0, 0.05) is 17.8 Å². The molecule has 0 saturated carbocycles. The minimum Gasteiger partial charge on any atom is -0.343 e. The first-order chi connectivity index (χ1) is 10.6. The molecule has 1 fully saturated rings. The Labute approximate surface area is 129 Å². The molecule has 22 heavy (non-hydrogen) atoms. The highest BCUT2D eigenvalue weighted by molar-refractivity contribution is 5.84. The molecule has 1 N–H and O–H groups in total. The number of hydrogen-bond acceptors (Lipinski definition) is 5. The third kappa shape index (κ3) is 2.51. The molecule has 2 atom stereocenters. The van der Waals surface area contributed by atoms with Crippen molar-refractivity contribution in [2.24, 2.45) is 0 Å². The van der Waals surface area contributed by atoms with Crippen LogP contribution < -0.4 is 0 Å². The second-order valence-corrected chi connectivity index (χ2v) is 5.90. The predicted octanol–water partition coefficient (Wildman–Crippen LogP) is 2.27. The summed E-state index contributed by atoms with van der Waals surface area (Å²) in [7, 11) is 0. The van der Waals surface area contributed by atoms with Crippen molar-refractivity contribution in [3.05, 3.63) is 29.2 Å². The molecule has 3 rings (SSSR count). The molecule has 1 aliphatic rings. The summed E-state index contributed by atoms with van der Waals surface area (Å²) in [5, 5.41) is 11.1. The number of piperidine rings is 1. The Morgan fingerprint density at radius 3 is 2.91 bits per heavy atom. The lowest BCUT2D eigenvalue weighted by Crippen LogP contribution is -2.41. The van der Waals surface area contributed by atoms with Gasteiger partial charge in [-0.3, -0.25) is 9.89 Å². The SMILES string of the molecule is Cc1n[nH]c(C)c1C(C)C(=O)N1CCCCC1c1ncon1. The zero-order valence-electron chi connectivity index (χ0n) is 13.2. The van der Waals surface area contributed by atoms with Crippen molar-refractivity contribution in [1.29, 1.82) is 0 Å². The fourth-order valence-electron chi connectivity index (χ4n) is 3.36. The topological polar surface area (TPSA) is 87.9 Å². The minimum atomic E-state index is -0.230. The Bertz CT molecular complexity index is 629. The first-order valence-corrected chi connectivity index (χ1v) is 7.67. The van der Waals surface area contributed by atoms with Crippen LogP contribution >= 0.6 is 0 Å². The normalized spacial score (nSPS) is 20.1. The number of carbonyl (C=O) groups excluding carboxylic acids is 1. The maximum atomic E-state index is 13.0. The maximum absolute atomic E-state index is 13.0. The minimum absolute atomic E-state index is 0.0880. The molecule has 1 aliphatic heterocycles. The molecule has 0 spiro atoms. The fraction of sp³-hybridized carbons (Fsp3) is 0.600. The molecule has 1 amide bonds. The summed E-state index contributed by atoms with van der Waals surface area (Å²) in [6.45, 7) is 6.55. The van der Waals surface area contributed by atoms with Crippen molar-refractivity contribution < 1.29 is 9.32 Å².